The van der Waals surface area contributed by atoms with Crippen LogP contribution in [0.1, 0.15) is 18.4 Å². The van der Waals surface area contributed by atoms with Crippen molar-refractivity contribution in [2.45, 2.75) is 25.3 Å². The standard InChI is InChI=1S/C20H25ClN4O2/c1-27-14-20(26)25(19-13-18(21)22-15-23-19)17-8-11-24(12-9-17)10-7-16-5-3-2-4-6-16/h2-6,13,15,17H,7-12,14H2,1H3. The predicted octanol–water partition coefficient (Wildman–Crippen LogP) is 2.82. The number of ether oxygens (including phenoxy) is 1. The van der Waals surface area contributed by atoms with E-state index < -0.39 is 0 Å². The van der Waals surface area contributed by atoms with E-state index in [9.17, 15) is 4.79 Å². The van der Waals surface area contributed by atoms with Crippen molar-refractivity contribution in [1.82, 2.24) is 14.9 Å². The minimum absolute atomic E-state index is 0.0237. The number of rotatable bonds is 7. The van der Waals surface area contributed by atoms with Gasteiger partial charge >= 0.3 is 0 Å². The molecule has 1 aliphatic rings. The topological polar surface area (TPSA) is 58.6 Å². The van der Waals surface area contributed by atoms with Crippen LogP contribution in [-0.2, 0) is 16.0 Å². The number of aromatic nitrogens is 2. The molecule has 0 aliphatic carbocycles. The molecule has 0 spiro atoms. The Morgan fingerprint density at radius 2 is 2.00 bits per heavy atom. The van der Waals surface area contributed by atoms with Gasteiger partial charge in [-0.2, -0.15) is 0 Å². The number of hydrogen-bond donors (Lipinski definition) is 0. The Balaban J connectivity index is 1.61. The van der Waals surface area contributed by atoms with Crippen LogP contribution in [0.15, 0.2) is 42.7 Å². The summed E-state index contributed by atoms with van der Waals surface area (Å²) in [6.07, 6.45) is 4.22. The zero-order valence-corrected chi connectivity index (χ0v) is 16.3. The molecule has 27 heavy (non-hydrogen) atoms. The van der Waals surface area contributed by atoms with Crippen LogP contribution < -0.4 is 4.90 Å². The smallest absolute Gasteiger partial charge is 0.254 e. The molecule has 1 fully saturated rings. The van der Waals surface area contributed by atoms with E-state index in [1.807, 2.05) is 6.07 Å². The van der Waals surface area contributed by atoms with E-state index in [1.165, 1.54) is 19.0 Å². The summed E-state index contributed by atoms with van der Waals surface area (Å²) in [6.45, 7) is 2.96. The zero-order chi connectivity index (χ0) is 19.1. The molecule has 1 aliphatic heterocycles. The molecule has 0 saturated carbocycles. The van der Waals surface area contributed by atoms with E-state index in [2.05, 4.69) is 39.1 Å². The molecule has 7 heteroatoms. The second-order valence-electron chi connectivity index (χ2n) is 6.70. The Morgan fingerprint density at radius 3 is 2.67 bits per heavy atom. The number of benzene rings is 1. The number of carbonyl (C=O) groups excluding carboxylic acids is 1. The van der Waals surface area contributed by atoms with Crippen LogP contribution in [-0.4, -0.2) is 60.2 Å². The lowest BCUT2D eigenvalue weighted by Gasteiger charge is -2.38. The number of carbonyl (C=O) groups is 1. The number of hydrogen-bond acceptors (Lipinski definition) is 5. The number of piperidine rings is 1. The summed E-state index contributed by atoms with van der Waals surface area (Å²) in [5.41, 5.74) is 1.35. The highest BCUT2D eigenvalue weighted by Crippen LogP contribution is 2.24. The van der Waals surface area contributed by atoms with Gasteiger partial charge in [-0.1, -0.05) is 41.9 Å². The first-order chi connectivity index (χ1) is 13.2. The van der Waals surface area contributed by atoms with Crippen molar-refractivity contribution in [3.05, 3.63) is 53.4 Å². The molecule has 1 amide bonds. The van der Waals surface area contributed by atoms with Gasteiger partial charge < -0.3 is 9.64 Å². The minimum atomic E-state index is -0.102. The van der Waals surface area contributed by atoms with Gasteiger partial charge in [0.05, 0.1) is 0 Å². The van der Waals surface area contributed by atoms with Gasteiger partial charge in [-0.05, 0) is 24.8 Å². The van der Waals surface area contributed by atoms with Gasteiger partial charge in [0.2, 0.25) is 0 Å². The van der Waals surface area contributed by atoms with Crippen LogP contribution in [0, 0.1) is 0 Å². The number of amides is 1. The molecule has 0 unspecified atom stereocenters. The average Bonchev–Trinajstić information content (AvgIpc) is 2.69. The monoisotopic (exact) mass is 388 g/mol. The van der Waals surface area contributed by atoms with E-state index in [0.29, 0.717) is 11.0 Å². The first-order valence-corrected chi connectivity index (χ1v) is 9.60. The number of methoxy groups -OCH3 is 1. The fourth-order valence-corrected chi connectivity index (χ4v) is 3.64. The van der Waals surface area contributed by atoms with Crippen LogP contribution in [0.4, 0.5) is 5.82 Å². The summed E-state index contributed by atoms with van der Waals surface area (Å²) in [5, 5.41) is 0.329. The van der Waals surface area contributed by atoms with Crippen molar-refractivity contribution >= 4 is 23.3 Å². The second kappa shape index (κ2) is 9.78. The third-order valence-corrected chi connectivity index (χ3v) is 5.09. The molecule has 1 aromatic carbocycles. The number of likely N-dealkylation sites (tertiary alicyclic amines) is 1. The van der Waals surface area contributed by atoms with Crippen molar-refractivity contribution in [3.8, 4) is 0 Å². The normalized spacial score (nSPS) is 15.6. The van der Waals surface area contributed by atoms with E-state index >= 15 is 0 Å². The first kappa shape index (κ1) is 19.7. The van der Waals surface area contributed by atoms with E-state index in [4.69, 9.17) is 16.3 Å². The maximum atomic E-state index is 12.6. The van der Waals surface area contributed by atoms with Crippen LogP contribution >= 0.6 is 11.6 Å². The van der Waals surface area contributed by atoms with Gasteiger partial charge in [0, 0.05) is 38.9 Å². The average molecular weight is 389 g/mol. The first-order valence-electron chi connectivity index (χ1n) is 9.22. The van der Waals surface area contributed by atoms with Gasteiger partial charge in [0.1, 0.15) is 23.9 Å². The molecule has 1 aromatic heterocycles. The second-order valence-corrected chi connectivity index (χ2v) is 7.09. The maximum absolute atomic E-state index is 12.6. The molecule has 2 heterocycles. The van der Waals surface area contributed by atoms with Crippen molar-refractivity contribution < 1.29 is 9.53 Å². The van der Waals surface area contributed by atoms with Gasteiger partial charge in [0.25, 0.3) is 5.91 Å². The Hall–Kier alpha value is -2.02. The molecule has 144 valence electrons. The lowest BCUT2D eigenvalue weighted by Crippen LogP contribution is -2.49. The molecule has 3 rings (SSSR count). The van der Waals surface area contributed by atoms with Crippen LogP contribution in [0.25, 0.3) is 0 Å². The SMILES string of the molecule is COCC(=O)N(c1cc(Cl)ncn1)C1CCN(CCc2ccccc2)CC1. The van der Waals surface area contributed by atoms with Gasteiger partial charge in [-0.15, -0.1) is 0 Å². The fraction of sp³-hybridized carbons (Fsp3) is 0.450. The van der Waals surface area contributed by atoms with Crippen molar-refractivity contribution in [2.75, 3.05) is 38.3 Å². The quantitative estimate of drug-likeness (QED) is 0.682. The lowest BCUT2D eigenvalue weighted by atomic mass is 10.0. The van der Waals surface area contributed by atoms with Crippen LogP contribution in [0.5, 0.6) is 0 Å². The Morgan fingerprint density at radius 1 is 1.26 bits per heavy atom. The molecular formula is C20H25ClN4O2. The van der Waals surface area contributed by atoms with Crippen molar-refractivity contribution in [1.29, 1.82) is 0 Å². The van der Waals surface area contributed by atoms with Crippen molar-refractivity contribution in [3.63, 3.8) is 0 Å². The fourth-order valence-electron chi connectivity index (χ4n) is 3.50. The van der Waals surface area contributed by atoms with Gasteiger partial charge in [-0.3, -0.25) is 9.69 Å². The molecular weight excluding hydrogens is 364 g/mol. The third kappa shape index (κ3) is 5.48. The lowest BCUT2D eigenvalue weighted by molar-refractivity contribution is -0.122. The summed E-state index contributed by atoms with van der Waals surface area (Å²) >= 11 is 6.00. The molecule has 0 radical (unpaired) electrons. The zero-order valence-electron chi connectivity index (χ0n) is 15.6. The Labute approximate surface area is 165 Å². The minimum Gasteiger partial charge on any atom is -0.375 e. The summed E-state index contributed by atoms with van der Waals surface area (Å²) in [4.78, 5) is 25.0. The maximum Gasteiger partial charge on any atom is 0.254 e. The number of halogens is 1. The summed E-state index contributed by atoms with van der Waals surface area (Å²) in [7, 11) is 1.52. The molecule has 1 saturated heterocycles. The Bertz CT molecular complexity index is 736. The highest BCUT2D eigenvalue weighted by Gasteiger charge is 2.30. The van der Waals surface area contributed by atoms with Crippen LogP contribution in [0.2, 0.25) is 5.15 Å². The molecule has 0 N–H and O–H groups in total. The number of anilines is 1. The highest BCUT2D eigenvalue weighted by atomic mass is 35.5. The molecule has 0 bridgehead atoms. The largest absolute Gasteiger partial charge is 0.375 e. The Kier molecular flexibility index (Phi) is 7.15. The van der Waals surface area contributed by atoms with Crippen LogP contribution in [0.3, 0.4) is 0 Å². The van der Waals surface area contributed by atoms with E-state index in [0.717, 1.165) is 38.9 Å². The van der Waals surface area contributed by atoms with Gasteiger partial charge in [0.15, 0.2) is 0 Å². The van der Waals surface area contributed by atoms with E-state index in [-0.39, 0.29) is 18.6 Å². The van der Waals surface area contributed by atoms with Gasteiger partial charge in [-0.25, -0.2) is 9.97 Å². The van der Waals surface area contributed by atoms with Crippen molar-refractivity contribution in [2.24, 2.45) is 0 Å². The predicted molar refractivity (Wildman–Crippen MR) is 106 cm³/mol. The number of nitrogens with zero attached hydrogens (tertiary/aromatic N) is 4. The van der Waals surface area contributed by atoms with E-state index in [1.54, 1.807) is 11.0 Å². The summed E-state index contributed by atoms with van der Waals surface area (Å²) < 4.78 is 5.06. The highest BCUT2D eigenvalue weighted by molar-refractivity contribution is 6.29. The summed E-state index contributed by atoms with van der Waals surface area (Å²) in [5.74, 6) is 0.440. The summed E-state index contributed by atoms with van der Waals surface area (Å²) in [6, 6.07) is 12.2. The molecule has 0 atom stereocenters. The molecule has 2 aromatic rings. The third-order valence-electron chi connectivity index (χ3n) is 4.88. The molecule has 6 nitrogen and oxygen atoms in total.